The number of thiophene rings is 1. The lowest BCUT2D eigenvalue weighted by Gasteiger charge is -2.27. The van der Waals surface area contributed by atoms with Gasteiger partial charge in [0.1, 0.15) is 5.82 Å². The molecule has 0 radical (unpaired) electrons. The molecule has 3 aromatic carbocycles. The number of nitrogens with zero attached hydrogens (tertiary/aromatic N) is 2. The van der Waals surface area contributed by atoms with Crippen molar-refractivity contribution >= 4 is 40.1 Å². The third-order valence-electron chi connectivity index (χ3n) is 8.62. The van der Waals surface area contributed by atoms with Crippen LogP contribution in [0.3, 0.4) is 0 Å². The molecule has 0 aliphatic heterocycles. The second-order valence-corrected chi connectivity index (χ2v) is 13.1. The Morgan fingerprint density at radius 2 is 1.30 bits per heavy atom. The number of carbonyl (C=O) groups is 2. The minimum atomic E-state index is -1.12. The summed E-state index contributed by atoms with van der Waals surface area (Å²) in [6, 6.07) is 24.7. The molecule has 0 unspecified atom stereocenters. The number of fused-ring (bicyclic) bond motifs is 4. The number of ketones is 2. The molecule has 0 N–H and O–H groups in total. The molecular formula is C36H28F2N2O2S. The largest absolute Gasteiger partial charge is 0.295 e. The average molecular weight is 591 g/mol. The van der Waals surface area contributed by atoms with Crippen LogP contribution in [0.15, 0.2) is 78.9 Å². The normalized spacial score (nSPS) is 15.0. The number of benzene rings is 3. The predicted octanol–water partition coefficient (Wildman–Crippen LogP) is 9.05. The summed E-state index contributed by atoms with van der Waals surface area (Å²) in [6.07, 6.45) is 0.193. The van der Waals surface area contributed by atoms with Gasteiger partial charge in [-0.05, 0) is 80.4 Å². The van der Waals surface area contributed by atoms with E-state index >= 15 is 0 Å². The van der Waals surface area contributed by atoms with Gasteiger partial charge < -0.3 is 0 Å². The van der Waals surface area contributed by atoms with E-state index in [-0.39, 0.29) is 17.5 Å². The van der Waals surface area contributed by atoms with Gasteiger partial charge in [0.25, 0.3) is 0 Å². The average Bonchev–Trinajstić information content (AvgIpc) is 3.57. The minimum Gasteiger partial charge on any atom is -0.295 e. The summed E-state index contributed by atoms with van der Waals surface area (Å²) in [5.41, 5.74) is 7.00. The third kappa shape index (κ3) is 4.33. The number of carbonyl (C=O) groups excluding carboxylic acids is 2. The van der Waals surface area contributed by atoms with Gasteiger partial charge >= 0.3 is 0 Å². The van der Waals surface area contributed by atoms with Gasteiger partial charge in [0, 0.05) is 43.2 Å². The summed E-state index contributed by atoms with van der Waals surface area (Å²) in [5, 5.41) is 0. The summed E-state index contributed by atoms with van der Waals surface area (Å²) in [4.78, 5) is 35.4. The second-order valence-electron chi connectivity index (χ2n) is 11.9. The van der Waals surface area contributed by atoms with Crippen LogP contribution in [0, 0.1) is 31.4 Å². The van der Waals surface area contributed by atoms with Gasteiger partial charge in [0.2, 0.25) is 0 Å². The monoisotopic (exact) mass is 590 g/mol. The zero-order valence-electron chi connectivity index (χ0n) is 24.2. The van der Waals surface area contributed by atoms with E-state index in [1.807, 2.05) is 6.07 Å². The first kappa shape index (κ1) is 27.3. The standard InChI is InChI=1S/C36H28F2N2O2S/c1-19-5-9-21(10-6-19)40(22-11-7-20(2)8-12-22)31-14-13-24-34-28(36(3,4)35(24)39-31)16-23(43-34)15-27-32(41)25-17-29(37)30(38)18-26(25)33(27)42/h5-14,16-18,27H,15H2,1-4H3. The molecule has 0 amide bonds. The topological polar surface area (TPSA) is 50.3 Å². The Kier molecular flexibility index (Phi) is 6.22. The summed E-state index contributed by atoms with van der Waals surface area (Å²) >= 11 is 1.55. The highest BCUT2D eigenvalue weighted by Crippen LogP contribution is 2.53. The fourth-order valence-electron chi connectivity index (χ4n) is 6.20. The molecule has 0 fully saturated rings. The molecule has 5 aromatic rings. The van der Waals surface area contributed by atoms with Gasteiger partial charge in [-0.15, -0.1) is 11.3 Å². The highest BCUT2D eigenvalue weighted by atomic mass is 32.1. The number of anilines is 3. The van der Waals surface area contributed by atoms with Gasteiger partial charge in [-0.2, -0.15) is 0 Å². The maximum atomic E-state index is 13.8. The van der Waals surface area contributed by atoms with Crippen LogP contribution in [0.5, 0.6) is 0 Å². The van der Waals surface area contributed by atoms with E-state index in [1.54, 1.807) is 11.3 Å². The summed E-state index contributed by atoms with van der Waals surface area (Å²) in [7, 11) is 0. The molecule has 214 valence electrons. The first-order valence-corrected chi connectivity index (χ1v) is 15.0. The van der Waals surface area contributed by atoms with Crippen LogP contribution in [0.25, 0.3) is 10.4 Å². The number of pyridine rings is 1. The Bertz CT molecular complexity index is 1870. The van der Waals surface area contributed by atoms with Crippen molar-refractivity contribution in [3.8, 4) is 10.4 Å². The fourth-order valence-corrected chi connectivity index (χ4v) is 7.59. The Morgan fingerprint density at radius 1 is 0.767 bits per heavy atom. The third-order valence-corrected chi connectivity index (χ3v) is 9.81. The highest BCUT2D eigenvalue weighted by molar-refractivity contribution is 7.15. The van der Waals surface area contributed by atoms with Crippen LogP contribution in [-0.4, -0.2) is 16.6 Å². The van der Waals surface area contributed by atoms with E-state index in [0.29, 0.717) is 0 Å². The lowest BCUT2D eigenvalue weighted by Crippen LogP contribution is -2.20. The number of rotatable bonds is 5. The molecule has 2 aliphatic carbocycles. The van der Waals surface area contributed by atoms with Crippen molar-refractivity contribution < 1.29 is 18.4 Å². The Morgan fingerprint density at radius 3 is 1.84 bits per heavy atom. The van der Waals surface area contributed by atoms with Crippen molar-refractivity contribution in [2.75, 3.05) is 4.90 Å². The van der Waals surface area contributed by atoms with Gasteiger partial charge in [-0.1, -0.05) is 49.2 Å². The lowest BCUT2D eigenvalue weighted by atomic mass is 9.86. The first-order valence-electron chi connectivity index (χ1n) is 14.2. The molecule has 0 saturated heterocycles. The molecular weight excluding hydrogens is 562 g/mol. The van der Waals surface area contributed by atoms with Crippen molar-refractivity contribution in [3.63, 3.8) is 0 Å². The molecule has 0 saturated carbocycles. The SMILES string of the molecule is Cc1ccc(N(c2ccc(C)cc2)c2ccc3c(n2)C(C)(C)c2cc(CC4C(=O)c5cc(F)c(F)cc5C4=O)sc2-3)cc1. The van der Waals surface area contributed by atoms with Gasteiger partial charge in [0.15, 0.2) is 23.2 Å². The van der Waals surface area contributed by atoms with Crippen LogP contribution in [-0.2, 0) is 11.8 Å². The number of halogens is 2. The maximum Gasteiger partial charge on any atom is 0.174 e. The zero-order chi connectivity index (χ0) is 30.2. The number of aryl methyl sites for hydroxylation is 2. The Hall–Kier alpha value is -4.49. The van der Waals surface area contributed by atoms with Crippen LogP contribution in [0.4, 0.5) is 26.0 Å². The van der Waals surface area contributed by atoms with E-state index in [2.05, 4.69) is 93.3 Å². The van der Waals surface area contributed by atoms with Crippen LogP contribution in [0.1, 0.15) is 61.8 Å². The quantitative estimate of drug-likeness (QED) is 0.192. The van der Waals surface area contributed by atoms with Crippen molar-refractivity contribution in [3.05, 3.63) is 129 Å². The maximum absolute atomic E-state index is 13.8. The van der Waals surface area contributed by atoms with Gasteiger partial charge in [0.05, 0.1) is 11.6 Å². The molecule has 43 heavy (non-hydrogen) atoms. The second kappa shape index (κ2) is 9.78. The summed E-state index contributed by atoms with van der Waals surface area (Å²) < 4.78 is 27.6. The number of aromatic nitrogens is 1. The molecule has 0 spiro atoms. The van der Waals surface area contributed by atoms with E-state index < -0.39 is 34.5 Å². The van der Waals surface area contributed by atoms with E-state index in [0.717, 1.165) is 55.9 Å². The van der Waals surface area contributed by atoms with Crippen LogP contribution < -0.4 is 4.90 Å². The van der Waals surface area contributed by atoms with Crippen molar-refractivity contribution in [1.29, 1.82) is 0 Å². The minimum absolute atomic E-state index is 0.0351. The Balaban J connectivity index is 1.24. The molecule has 4 nitrogen and oxygen atoms in total. The van der Waals surface area contributed by atoms with E-state index in [4.69, 9.17) is 4.98 Å². The molecule has 2 aliphatic rings. The van der Waals surface area contributed by atoms with Gasteiger partial charge in [-0.3, -0.25) is 14.5 Å². The smallest absolute Gasteiger partial charge is 0.174 e. The van der Waals surface area contributed by atoms with E-state index in [9.17, 15) is 18.4 Å². The highest BCUT2D eigenvalue weighted by Gasteiger charge is 2.43. The zero-order valence-corrected chi connectivity index (χ0v) is 25.0. The van der Waals surface area contributed by atoms with Crippen LogP contribution >= 0.6 is 11.3 Å². The van der Waals surface area contributed by atoms with Gasteiger partial charge in [-0.25, -0.2) is 13.8 Å². The summed E-state index contributed by atoms with van der Waals surface area (Å²) in [5.74, 6) is -3.31. The summed E-state index contributed by atoms with van der Waals surface area (Å²) in [6.45, 7) is 8.42. The molecule has 7 heteroatoms. The number of hydrogen-bond acceptors (Lipinski definition) is 5. The van der Waals surface area contributed by atoms with Crippen molar-refractivity contribution in [2.45, 2.75) is 39.5 Å². The predicted molar refractivity (Wildman–Crippen MR) is 166 cm³/mol. The molecule has 0 atom stereocenters. The van der Waals surface area contributed by atoms with Crippen LogP contribution in [0.2, 0.25) is 0 Å². The fraction of sp³-hybridized carbons (Fsp3) is 0.194. The molecule has 7 rings (SSSR count). The van der Waals surface area contributed by atoms with E-state index in [1.165, 1.54) is 11.1 Å². The number of Topliss-reactive ketones (excluding diaryl/α,β-unsaturated/α-hetero) is 2. The first-order chi connectivity index (χ1) is 20.5. The molecule has 0 bridgehead atoms. The molecule has 2 aromatic heterocycles. The Labute approximate surface area is 252 Å². The lowest BCUT2D eigenvalue weighted by molar-refractivity contribution is 0.0839. The number of hydrogen-bond donors (Lipinski definition) is 0. The van der Waals surface area contributed by atoms with Crippen molar-refractivity contribution in [1.82, 2.24) is 4.98 Å². The van der Waals surface area contributed by atoms with Crippen molar-refractivity contribution in [2.24, 2.45) is 5.92 Å². The molecule has 2 heterocycles.